The number of nitrogens with zero attached hydrogens (tertiary/aromatic N) is 4. The van der Waals surface area contributed by atoms with Crippen molar-refractivity contribution in [1.82, 2.24) is 14.8 Å². The molecule has 1 aromatic carbocycles. The van der Waals surface area contributed by atoms with Gasteiger partial charge in [0.1, 0.15) is 12.8 Å². The second-order valence-electron chi connectivity index (χ2n) is 7.84. The first kappa shape index (κ1) is 23.2. The van der Waals surface area contributed by atoms with Crippen molar-refractivity contribution in [3.63, 3.8) is 0 Å². The molecule has 6 heteroatoms. The third-order valence-corrected chi connectivity index (χ3v) is 6.80. The van der Waals surface area contributed by atoms with E-state index in [4.69, 9.17) is 5.11 Å². The van der Waals surface area contributed by atoms with Crippen LogP contribution in [0.4, 0.5) is 5.69 Å². The number of likely N-dealkylation sites (N-methyl/N-ethyl adjacent to an activating group) is 1. The molecular formula is C27H30N4OS. The number of anilines is 1. The molecule has 5 rings (SSSR count). The molecule has 1 N–H and O–H groups in total. The zero-order chi connectivity index (χ0) is 22.9. The quantitative estimate of drug-likeness (QED) is 0.593. The van der Waals surface area contributed by atoms with Crippen LogP contribution in [0.3, 0.4) is 0 Å². The van der Waals surface area contributed by atoms with Gasteiger partial charge in [0.2, 0.25) is 0 Å². The first-order valence-electron chi connectivity index (χ1n) is 11.3. The van der Waals surface area contributed by atoms with Crippen molar-refractivity contribution in [2.75, 3.05) is 44.2 Å². The average Bonchev–Trinajstić information content (AvgIpc) is 3.38. The summed E-state index contributed by atoms with van der Waals surface area (Å²) in [5.74, 6) is 5.68. The molecule has 0 aliphatic carbocycles. The zero-order valence-electron chi connectivity index (χ0n) is 19.0. The van der Waals surface area contributed by atoms with Crippen LogP contribution in [-0.2, 0) is 0 Å². The van der Waals surface area contributed by atoms with Crippen LogP contribution >= 0.6 is 11.3 Å². The summed E-state index contributed by atoms with van der Waals surface area (Å²) >= 11 is 1.81. The smallest absolute Gasteiger partial charge is 0.114 e. The summed E-state index contributed by atoms with van der Waals surface area (Å²) in [7, 11) is 0. The molecule has 0 spiro atoms. The second-order valence-corrected chi connectivity index (χ2v) is 8.79. The van der Waals surface area contributed by atoms with Crippen molar-refractivity contribution in [2.45, 2.75) is 13.1 Å². The highest BCUT2D eigenvalue weighted by atomic mass is 32.1. The van der Waals surface area contributed by atoms with E-state index in [1.54, 1.807) is 12.4 Å². The van der Waals surface area contributed by atoms with E-state index in [-0.39, 0.29) is 12.8 Å². The fourth-order valence-corrected chi connectivity index (χ4v) is 4.96. The van der Waals surface area contributed by atoms with Gasteiger partial charge in [-0.2, -0.15) is 0 Å². The Balaban J connectivity index is 0.000000376. The Labute approximate surface area is 200 Å². The monoisotopic (exact) mass is 458 g/mol. The van der Waals surface area contributed by atoms with Crippen molar-refractivity contribution in [3.8, 4) is 11.8 Å². The molecule has 170 valence electrons. The molecule has 0 saturated carbocycles. The molecular weight excluding hydrogens is 428 g/mol. The Bertz CT molecular complexity index is 1050. The molecule has 5 nitrogen and oxygen atoms in total. The lowest BCUT2D eigenvalue weighted by Gasteiger charge is -2.44. The van der Waals surface area contributed by atoms with Gasteiger partial charge in [-0.05, 0) is 60.5 Å². The van der Waals surface area contributed by atoms with E-state index < -0.39 is 0 Å². The van der Waals surface area contributed by atoms with E-state index in [9.17, 15) is 0 Å². The highest BCUT2D eigenvalue weighted by molar-refractivity contribution is 7.11. The maximum absolute atomic E-state index is 8.88. The number of aliphatic hydroxyl groups is 1. The normalized spacial score (nSPS) is 18.0. The van der Waals surface area contributed by atoms with Crippen molar-refractivity contribution in [2.24, 2.45) is 0 Å². The lowest BCUT2D eigenvalue weighted by Crippen LogP contribution is -2.51. The Morgan fingerprint density at radius 1 is 1.03 bits per heavy atom. The van der Waals surface area contributed by atoms with Crippen LogP contribution in [0.25, 0.3) is 6.08 Å². The highest BCUT2D eigenvalue weighted by Gasteiger charge is 2.32. The number of pyridine rings is 1. The van der Waals surface area contributed by atoms with Gasteiger partial charge in [-0.3, -0.25) is 9.88 Å². The zero-order valence-corrected chi connectivity index (χ0v) is 19.8. The van der Waals surface area contributed by atoms with Gasteiger partial charge in [-0.15, -0.1) is 11.3 Å². The number of thiophene rings is 1. The standard InChI is InChI=1S/C22H25N3OS.C5H5N/c1-2-23-12-14-24(15-13-23)22-20-10-17-27-21(20)9-11-25(22)19-7-5-18(6-8-19)4-3-16-26;1-2-4-6-5-3-1/h5-11,17,22,26H,2,12-16H2,1H3;1-5H. The number of aromatic nitrogens is 1. The van der Waals surface area contributed by atoms with Crippen LogP contribution in [-0.4, -0.2) is 59.2 Å². The molecule has 0 radical (unpaired) electrons. The SMILES string of the molecule is CCN1CCN(C2c3ccsc3C=CN2c2ccc(C#CCO)cc2)CC1.c1ccncc1. The van der Waals surface area contributed by atoms with Crippen LogP contribution in [0.15, 0.2) is 72.5 Å². The molecule has 2 aromatic heterocycles. The maximum atomic E-state index is 8.88. The third kappa shape index (κ3) is 5.89. The Hall–Kier alpha value is -2.95. The maximum Gasteiger partial charge on any atom is 0.114 e. The number of rotatable bonds is 3. The first-order valence-corrected chi connectivity index (χ1v) is 12.2. The summed E-state index contributed by atoms with van der Waals surface area (Å²) in [5, 5.41) is 11.1. The molecule has 0 bridgehead atoms. The largest absolute Gasteiger partial charge is 0.384 e. The van der Waals surface area contributed by atoms with Crippen LogP contribution in [0.5, 0.6) is 0 Å². The van der Waals surface area contributed by atoms with E-state index >= 15 is 0 Å². The molecule has 2 aliphatic heterocycles. The van der Waals surface area contributed by atoms with Gasteiger partial charge >= 0.3 is 0 Å². The Kier molecular flexibility index (Phi) is 8.29. The minimum absolute atomic E-state index is 0.108. The summed E-state index contributed by atoms with van der Waals surface area (Å²) in [6.45, 7) is 7.67. The summed E-state index contributed by atoms with van der Waals surface area (Å²) in [4.78, 5) is 12.6. The molecule has 0 amide bonds. The topological polar surface area (TPSA) is 42.8 Å². The van der Waals surface area contributed by atoms with E-state index in [0.29, 0.717) is 0 Å². The van der Waals surface area contributed by atoms with E-state index in [2.05, 4.69) is 74.3 Å². The van der Waals surface area contributed by atoms with Gasteiger partial charge in [-0.1, -0.05) is 24.8 Å². The fourth-order valence-electron chi connectivity index (χ4n) is 4.15. The Morgan fingerprint density at radius 3 is 2.39 bits per heavy atom. The van der Waals surface area contributed by atoms with E-state index in [1.165, 1.54) is 16.1 Å². The number of aliphatic hydroxyl groups excluding tert-OH is 1. The van der Waals surface area contributed by atoms with Gasteiger partial charge in [0.05, 0.1) is 0 Å². The molecule has 1 unspecified atom stereocenters. The first-order chi connectivity index (χ1) is 16.3. The molecule has 4 heterocycles. The number of piperazine rings is 1. The van der Waals surface area contributed by atoms with Crippen LogP contribution < -0.4 is 4.90 Å². The molecule has 2 aliphatic rings. The van der Waals surface area contributed by atoms with Crippen LogP contribution in [0.1, 0.15) is 29.1 Å². The van der Waals surface area contributed by atoms with Gasteiger partial charge in [-0.25, -0.2) is 0 Å². The lowest BCUT2D eigenvalue weighted by atomic mass is 10.1. The Morgan fingerprint density at radius 2 is 1.79 bits per heavy atom. The minimum atomic E-state index is -0.108. The van der Waals surface area contributed by atoms with E-state index in [1.807, 2.05) is 41.7 Å². The number of benzene rings is 1. The highest BCUT2D eigenvalue weighted by Crippen LogP contribution is 2.39. The van der Waals surface area contributed by atoms with Gasteiger partial charge in [0, 0.05) is 66.5 Å². The predicted octanol–water partition coefficient (Wildman–Crippen LogP) is 4.30. The number of fused-ring (bicyclic) bond motifs is 1. The second kappa shape index (κ2) is 11.8. The van der Waals surface area contributed by atoms with Crippen molar-refractivity contribution in [3.05, 3.63) is 88.5 Å². The van der Waals surface area contributed by atoms with Crippen molar-refractivity contribution >= 4 is 23.1 Å². The molecule has 1 atom stereocenters. The lowest BCUT2D eigenvalue weighted by molar-refractivity contribution is 0.100. The van der Waals surface area contributed by atoms with Crippen LogP contribution in [0, 0.1) is 11.8 Å². The van der Waals surface area contributed by atoms with E-state index in [0.717, 1.165) is 38.3 Å². The summed E-state index contributed by atoms with van der Waals surface area (Å²) in [6, 6.07) is 16.3. The number of hydrogen-bond donors (Lipinski definition) is 1. The fraction of sp³-hybridized carbons (Fsp3) is 0.296. The van der Waals surface area contributed by atoms with Gasteiger partial charge in [0.25, 0.3) is 0 Å². The summed E-state index contributed by atoms with van der Waals surface area (Å²) in [6.07, 6.45) is 8.17. The average molecular weight is 459 g/mol. The molecule has 1 fully saturated rings. The molecule has 3 aromatic rings. The number of hydrogen-bond acceptors (Lipinski definition) is 6. The predicted molar refractivity (Wildman–Crippen MR) is 137 cm³/mol. The molecule has 1 saturated heterocycles. The minimum Gasteiger partial charge on any atom is -0.384 e. The van der Waals surface area contributed by atoms with Crippen molar-refractivity contribution < 1.29 is 5.11 Å². The summed E-state index contributed by atoms with van der Waals surface area (Å²) < 4.78 is 0. The van der Waals surface area contributed by atoms with Gasteiger partial charge < -0.3 is 14.9 Å². The van der Waals surface area contributed by atoms with Crippen molar-refractivity contribution in [1.29, 1.82) is 0 Å². The summed E-state index contributed by atoms with van der Waals surface area (Å²) in [5.41, 5.74) is 3.50. The molecule has 33 heavy (non-hydrogen) atoms. The van der Waals surface area contributed by atoms with Crippen LogP contribution in [0.2, 0.25) is 0 Å². The van der Waals surface area contributed by atoms with Gasteiger partial charge in [0.15, 0.2) is 0 Å². The third-order valence-electron chi connectivity index (χ3n) is 5.90.